The van der Waals surface area contributed by atoms with Crippen LogP contribution >= 0.6 is 15.9 Å². The quantitative estimate of drug-likeness (QED) is 0.834. The summed E-state index contributed by atoms with van der Waals surface area (Å²) in [4.78, 5) is 0. The molecule has 1 fully saturated rings. The van der Waals surface area contributed by atoms with Gasteiger partial charge in [0.2, 0.25) is 0 Å². The highest BCUT2D eigenvalue weighted by molar-refractivity contribution is 9.10. The van der Waals surface area contributed by atoms with Gasteiger partial charge in [-0.25, -0.2) is 0 Å². The summed E-state index contributed by atoms with van der Waals surface area (Å²) in [6, 6.07) is 5.85. The molecule has 0 aliphatic heterocycles. The number of aromatic hydroxyl groups is 1. The minimum atomic E-state index is -0.277. The molecule has 0 spiro atoms. The Morgan fingerprint density at radius 1 is 1.50 bits per heavy atom. The van der Waals surface area contributed by atoms with E-state index in [1.807, 2.05) is 13.0 Å². The lowest BCUT2D eigenvalue weighted by Crippen LogP contribution is -2.05. The van der Waals surface area contributed by atoms with E-state index in [-0.39, 0.29) is 11.2 Å². The second kappa shape index (κ2) is 2.99. The molecule has 0 bridgehead atoms. The van der Waals surface area contributed by atoms with E-state index in [0.717, 1.165) is 24.0 Å². The first-order valence-corrected chi connectivity index (χ1v) is 5.30. The van der Waals surface area contributed by atoms with Crippen molar-refractivity contribution in [3.63, 3.8) is 0 Å². The van der Waals surface area contributed by atoms with Crippen LogP contribution in [0.1, 0.15) is 24.0 Å². The van der Waals surface area contributed by atoms with Crippen molar-refractivity contribution >= 4 is 15.9 Å². The number of nitriles is 1. The van der Waals surface area contributed by atoms with Crippen LogP contribution in [0.5, 0.6) is 5.75 Å². The van der Waals surface area contributed by atoms with Crippen LogP contribution in [0.25, 0.3) is 0 Å². The van der Waals surface area contributed by atoms with Crippen molar-refractivity contribution in [3.8, 4) is 11.8 Å². The lowest BCUT2D eigenvalue weighted by Gasteiger charge is -2.12. The molecule has 0 heterocycles. The molecule has 0 radical (unpaired) electrons. The van der Waals surface area contributed by atoms with E-state index < -0.39 is 0 Å². The Bertz CT molecular complexity index is 430. The summed E-state index contributed by atoms with van der Waals surface area (Å²) in [5.74, 6) is 0.236. The van der Waals surface area contributed by atoms with Gasteiger partial charge in [-0.2, -0.15) is 5.26 Å². The maximum Gasteiger partial charge on any atom is 0.130 e. The first-order valence-electron chi connectivity index (χ1n) is 4.50. The van der Waals surface area contributed by atoms with E-state index in [4.69, 9.17) is 5.26 Å². The van der Waals surface area contributed by atoms with Crippen molar-refractivity contribution in [2.45, 2.75) is 25.2 Å². The number of benzene rings is 1. The van der Waals surface area contributed by atoms with Gasteiger partial charge in [0.05, 0.1) is 16.0 Å². The Labute approximate surface area is 91.3 Å². The number of hydrogen-bond acceptors (Lipinski definition) is 2. The van der Waals surface area contributed by atoms with Gasteiger partial charge in [0.1, 0.15) is 5.75 Å². The highest BCUT2D eigenvalue weighted by Gasteiger charge is 2.46. The van der Waals surface area contributed by atoms with Gasteiger partial charge in [-0.1, -0.05) is 6.07 Å². The van der Waals surface area contributed by atoms with Gasteiger partial charge >= 0.3 is 0 Å². The number of halogens is 1. The molecule has 1 saturated carbocycles. The zero-order chi connectivity index (χ0) is 10.3. The molecule has 1 aromatic carbocycles. The molecular formula is C11H10BrNO. The maximum absolute atomic E-state index is 9.45. The summed E-state index contributed by atoms with van der Waals surface area (Å²) in [6.07, 6.45) is 1.86. The molecule has 0 atom stereocenters. The summed E-state index contributed by atoms with van der Waals surface area (Å²) >= 11 is 3.32. The molecule has 0 aromatic heterocycles. The topological polar surface area (TPSA) is 44.0 Å². The van der Waals surface area contributed by atoms with Gasteiger partial charge < -0.3 is 5.11 Å². The minimum absolute atomic E-state index is 0.236. The molecular weight excluding hydrogens is 242 g/mol. The summed E-state index contributed by atoms with van der Waals surface area (Å²) in [5.41, 5.74) is 1.74. The number of phenolic OH excluding ortho intramolecular Hbond substituents is 1. The van der Waals surface area contributed by atoms with E-state index in [2.05, 4.69) is 22.0 Å². The fourth-order valence-electron chi connectivity index (χ4n) is 1.76. The number of nitrogens with zero attached hydrogens (tertiary/aromatic N) is 1. The molecule has 0 saturated heterocycles. The Kier molecular flexibility index (Phi) is 2.04. The van der Waals surface area contributed by atoms with Gasteiger partial charge in [0.15, 0.2) is 0 Å². The maximum atomic E-state index is 9.45. The Morgan fingerprint density at radius 2 is 2.14 bits per heavy atom. The molecule has 72 valence electrons. The molecule has 1 N–H and O–H groups in total. The van der Waals surface area contributed by atoms with Crippen LogP contribution in [0.2, 0.25) is 0 Å². The number of hydrogen-bond donors (Lipinski definition) is 1. The molecule has 1 aromatic rings. The Hall–Kier alpha value is -1.01. The zero-order valence-electron chi connectivity index (χ0n) is 7.84. The van der Waals surface area contributed by atoms with Gasteiger partial charge in [-0.3, -0.25) is 0 Å². The molecule has 1 aliphatic rings. The second-order valence-electron chi connectivity index (χ2n) is 3.77. The van der Waals surface area contributed by atoms with Crippen LogP contribution in [-0.4, -0.2) is 5.11 Å². The molecule has 0 amide bonds. The first-order chi connectivity index (χ1) is 6.60. The number of rotatable bonds is 1. The molecule has 2 nitrogen and oxygen atoms in total. The number of phenols is 1. The minimum Gasteiger partial charge on any atom is -0.507 e. The smallest absolute Gasteiger partial charge is 0.130 e. The van der Waals surface area contributed by atoms with Gasteiger partial charge in [0.25, 0.3) is 0 Å². The van der Waals surface area contributed by atoms with E-state index in [1.54, 1.807) is 6.07 Å². The van der Waals surface area contributed by atoms with Crippen LogP contribution in [0, 0.1) is 18.3 Å². The van der Waals surface area contributed by atoms with Gasteiger partial charge in [0, 0.05) is 0 Å². The Balaban J connectivity index is 2.57. The van der Waals surface area contributed by atoms with E-state index in [9.17, 15) is 5.11 Å². The van der Waals surface area contributed by atoms with Crippen molar-refractivity contribution in [2.24, 2.45) is 0 Å². The average Bonchev–Trinajstić information content (AvgIpc) is 2.95. The van der Waals surface area contributed by atoms with E-state index >= 15 is 0 Å². The predicted octanol–water partition coefficient (Wildman–Crippen LogP) is 3.02. The summed E-state index contributed by atoms with van der Waals surface area (Å²) in [5, 5.41) is 18.5. The van der Waals surface area contributed by atoms with Crippen molar-refractivity contribution in [3.05, 3.63) is 27.7 Å². The van der Waals surface area contributed by atoms with Gasteiger partial charge in [-0.15, -0.1) is 0 Å². The van der Waals surface area contributed by atoms with Crippen molar-refractivity contribution in [2.75, 3.05) is 0 Å². The van der Waals surface area contributed by atoms with Crippen LogP contribution in [0.4, 0.5) is 0 Å². The van der Waals surface area contributed by atoms with Gasteiger partial charge in [-0.05, 0) is 52.9 Å². The average molecular weight is 252 g/mol. The fourth-order valence-corrected chi connectivity index (χ4v) is 2.10. The predicted molar refractivity (Wildman–Crippen MR) is 57.1 cm³/mol. The SMILES string of the molecule is Cc1c(C2(C#N)CC2)ccc(O)c1Br. The van der Waals surface area contributed by atoms with Crippen LogP contribution in [0.15, 0.2) is 16.6 Å². The standard InChI is InChI=1S/C11H10BrNO/c1-7-8(11(6-13)4-5-11)2-3-9(14)10(7)12/h2-3,14H,4-5H2,1H3. The van der Waals surface area contributed by atoms with Crippen LogP contribution < -0.4 is 0 Å². The third-order valence-electron chi connectivity index (χ3n) is 2.85. The molecule has 14 heavy (non-hydrogen) atoms. The molecule has 0 unspecified atom stereocenters. The molecule has 2 rings (SSSR count). The molecule has 3 heteroatoms. The van der Waals surface area contributed by atoms with Crippen molar-refractivity contribution in [1.29, 1.82) is 5.26 Å². The van der Waals surface area contributed by atoms with Crippen molar-refractivity contribution in [1.82, 2.24) is 0 Å². The van der Waals surface area contributed by atoms with Crippen molar-refractivity contribution < 1.29 is 5.11 Å². The van der Waals surface area contributed by atoms with E-state index in [1.165, 1.54) is 0 Å². The highest BCUT2D eigenvalue weighted by atomic mass is 79.9. The third-order valence-corrected chi connectivity index (χ3v) is 3.85. The third kappa shape index (κ3) is 1.22. The van der Waals surface area contributed by atoms with Crippen LogP contribution in [0.3, 0.4) is 0 Å². The zero-order valence-corrected chi connectivity index (χ0v) is 9.43. The molecule has 1 aliphatic carbocycles. The summed E-state index contributed by atoms with van der Waals surface area (Å²) < 4.78 is 0.705. The largest absolute Gasteiger partial charge is 0.507 e. The normalized spacial score (nSPS) is 17.5. The Morgan fingerprint density at radius 3 is 2.64 bits per heavy atom. The fraction of sp³-hybridized carbons (Fsp3) is 0.364. The second-order valence-corrected chi connectivity index (χ2v) is 4.56. The summed E-state index contributed by atoms with van der Waals surface area (Å²) in [7, 11) is 0. The first kappa shape index (κ1) is 9.54. The highest BCUT2D eigenvalue weighted by Crippen LogP contribution is 2.50. The van der Waals surface area contributed by atoms with Crippen LogP contribution in [-0.2, 0) is 5.41 Å². The lowest BCUT2D eigenvalue weighted by atomic mass is 9.93. The van der Waals surface area contributed by atoms with E-state index in [0.29, 0.717) is 4.47 Å². The monoisotopic (exact) mass is 251 g/mol. The lowest BCUT2D eigenvalue weighted by molar-refractivity contribution is 0.471. The summed E-state index contributed by atoms with van der Waals surface area (Å²) in [6.45, 7) is 1.93.